The van der Waals surface area contributed by atoms with Crippen LogP contribution in [0.25, 0.3) is 0 Å². The van der Waals surface area contributed by atoms with Gasteiger partial charge in [0.25, 0.3) is 5.91 Å². The molecule has 2 heterocycles. The molecule has 0 unspecified atom stereocenters. The van der Waals surface area contributed by atoms with E-state index in [1.807, 2.05) is 24.8 Å². The van der Waals surface area contributed by atoms with Gasteiger partial charge in [-0.2, -0.15) is 0 Å². The molecule has 1 aromatic carbocycles. The van der Waals surface area contributed by atoms with Crippen molar-refractivity contribution in [2.45, 2.75) is 33.1 Å². The Kier molecular flexibility index (Phi) is 6.90. The summed E-state index contributed by atoms with van der Waals surface area (Å²) in [6, 6.07) is 6.85. The van der Waals surface area contributed by atoms with E-state index in [9.17, 15) is 9.18 Å². The zero-order valence-electron chi connectivity index (χ0n) is 16.0. The van der Waals surface area contributed by atoms with Crippen LogP contribution in [0.3, 0.4) is 0 Å². The highest BCUT2D eigenvalue weighted by atomic mass is 32.1. The summed E-state index contributed by atoms with van der Waals surface area (Å²) < 4.78 is 17.2. The first kappa shape index (κ1) is 19.9. The molecule has 0 saturated carbocycles. The van der Waals surface area contributed by atoms with Crippen molar-refractivity contribution in [3.63, 3.8) is 0 Å². The van der Waals surface area contributed by atoms with Gasteiger partial charge in [-0.25, -0.2) is 4.39 Å². The Bertz CT molecular complexity index is 766. The summed E-state index contributed by atoms with van der Waals surface area (Å²) in [5, 5.41) is 3.96. The lowest BCUT2D eigenvalue weighted by Gasteiger charge is -2.35. The maximum absolute atomic E-state index is 13.3. The van der Waals surface area contributed by atoms with Crippen LogP contribution in [-0.4, -0.2) is 58.0 Å². The molecule has 1 fully saturated rings. The van der Waals surface area contributed by atoms with Crippen LogP contribution in [0.5, 0.6) is 0 Å². The van der Waals surface area contributed by atoms with Crippen LogP contribution in [-0.2, 0) is 6.42 Å². The number of likely N-dealkylation sites (tertiary alicyclic amines) is 1. The number of benzene rings is 1. The van der Waals surface area contributed by atoms with Crippen LogP contribution in [0.15, 0.2) is 24.3 Å². The van der Waals surface area contributed by atoms with Gasteiger partial charge in [-0.1, -0.05) is 16.6 Å². The van der Waals surface area contributed by atoms with Crippen molar-refractivity contribution < 1.29 is 9.18 Å². The smallest absolute Gasteiger partial charge is 0.267 e. The van der Waals surface area contributed by atoms with E-state index in [4.69, 9.17) is 0 Å². The van der Waals surface area contributed by atoms with Crippen molar-refractivity contribution in [1.29, 1.82) is 0 Å². The first-order chi connectivity index (χ1) is 13.1. The van der Waals surface area contributed by atoms with Gasteiger partial charge in [0, 0.05) is 26.2 Å². The maximum Gasteiger partial charge on any atom is 0.267 e. The van der Waals surface area contributed by atoms with Gasteiger partial charge in [-0.05, 0) is 74.8 Å². The number of piperidine rings is 1. The first-order valence-electron chi connectivity index (χ1n) is 9.61. The second kappa shape index (κ2) is 9.37. The van der Waals surface area contributed by atoms with E-state index in [2.05, 4.69) is 14.5 Å². The average molecular weight is 391 g/mol. The molecule has 0 spiro atoms. The number of amides is 1. The van der Waals surface area contributed by atoms with Crippen LogP contribution >= 0.6 is 11.5 Å². The zero-order chi connectivity index (χ0) is 19.2. The minimum Gasteiger partial charge on any atom is -0.338 e. The number of hydrogen-bond donors (Lipinski definition) is 0. The summed E-state index contributed by atoms with van der Waals surface area (Å²) in [4.78, 5) is 17.8. The third kappa shape index (κ3) is 5.32. The third-order valence-electron chi connectivity index (χ3n) is 5.20. The van der Waals surface area contributed by atoms with Gasteiger partial charge in [0.2, 0.25) is 0 Å². The Balaban J connectivity index is 1.54. The van der Waals surface area contributed by atoms with E-state index in [0.717, 1.165) is 51.0 Å². The number of aromatic nitrogens is 2. The summed E-state index contributed by atoms with van der Waals surface area (Å²) in [7, 11) is 0. The van der Waals surface area contributed by atoms with E-state index in [-0.39, 0.29) is 11.7 Å². The normalized spacial score (nSPS) is 17.8. The Morgan fingerprint density at radius 3 is 3.00 bits per heavy atom. The molecule has 1 atom stereocenters. The Hall–Kier alpha value is -1.86. The lowest BCUT2D eigenvalue weighted by atomic mass is 9.96. The third-order valence-corrected chi connectivity index (χ3v) is 6.02. The van der Waals surface area contributed by atoms with E-state index < -0.39 is 0 Å². The van der Waals surface area contributed by atoms with Gasteiger partial charge in [-0.15, -0.1) is 5.10 Å². The highest BCUT2D eigenvalue weighted by molar-refractivity contribution is 7.07. The fourth-order valence-electron chi connectivity index (χ4n) is 3.72. The van der Waals surface area contributed by atoms with Gasteiger partial charge in [0.15, 0.2) is 0 Å². The molecular formula is C20H27FN4OS. The topological polar surface area (TPSA) is 49.3 Å². The number of nitrogens with zero attached hydrogens (tertiary/aromatic N) is 4. The molecular weight excluding hydrogens is 363 g/mol. The molecule has 1 aromatic heterocycles. The first-order valence-corrected chi connectivity index (χ1v) is 10.4. The molecule has 1 aliphatic rings. The van der Waals surface area contributed by atoms with Crippen molar-refractivity contribution in [2.24, 2.45) is 5.92 Å². The van der Waals surface area contributed by atoms with Crippen molar-refractivity contribution in [3.05, 3.63) is 46.2 Å². The Morgan fingerprint density at radius 2 is 2.30 bits per heavy atom. The molecule has 5 nitrogen and oxygen atoms in total. The fourth-order valence-corrected chi connectivity index (χ4v) is 4.35. The van der Waals surface area contributed by atoms with E-state index in [1.54, 1.807) is 12.1 Å². The molecule has 7 heteroatoms. The SMILES string of the molecule is CCN(C[C@@H]1CCCN(CCc2cccc(F)c2)C1)C(=O)c1snnc1C. The van der Waals surface area contributed by atoms with Crippen molar-refractivity contribution >= 4 is 17.4 Å². The average Bonchev–Trinajstić information content (AvgIpc) is 3.10. The Morgan fingerprint density at radius 1 is 1.44 bits per heavy atom. The molecule has 3 rings (SSSR count). The van der Waals surface area contributed by atoms with Gasteiger partial charge < -0.3 is 9.80 Å². The molecule has 0 N–H and O–H groups in total. The highest BCUT2D eigenvalue weighted by Crippen LogP contribution is 2.20. The summed E-state index contributed by atoms with van der Waals surface area (Å²) >= 11 is 1.18. The second-order valence-electron chi connectivity index (χ2n) is 7.22. The largest absolute Gasteiger partial charge is 0.338 e. The molecule has 0 aliphatic carbocycles. The maximum atomic E-state index is 13.3. The number of halogens is 1. The van der Waals surface area contributed by atoms with Crippen LogP contribution in [0, 0.1) is 18.7 Å². The van der Waals surface area contributed by atoms with Gasteiger partial charge >= 0.3 is 0 Å². The number of carbonyl (C=O) groups is 1. The molecule has 1 saturated heterocycles. The van der Waals surface area contributed by atoms with Crippen LogP contribution < -0.4 is 0 Å². The van der Waals surface area contributed by atoms with E-state index in [0.29, 0.717) is 23.0 Å². The van der Waals surface area contributed by atoms with E-state index in [1.165, 1.54) is 17.6 Å². The van der Waals surface area contributed by atoms with Crippen LogP contribution in [0.1, 0.15) is 40.7 Å². The monoisotopic (exact) mass is 390 g/mol. The highest BCUT2D eigenvalue weighted by Gasteiger charge is 2.26. The van der Waals surface area contributed by atoms with Gasteiger partial charge in [0.1, 0.15) is 10.7 Å². The minimum absolute atomic E-state index is 0.0434. The second-order valence-corrected chi connectivity index (χ2v) is 7.97. The molecule has 2 aromatic rings. The fraction of sp³-hybridized carbons (Fsp3) is 0.550. The van der Waals surface area contributed by atoms with E-state index >= 15 is 0 Å². The molecule has 146 valence electrons. The predicted molar refractivity (Wildman–Crippen MR) is 105 cm³/mol. The van der Waals surface area contributed by atoms with Gasteiger partial charge in [0.05, 0.1) is 5.69 Å². The lowest BCUT2D eigenvalue weighted by molar-refractivity contribution is 0.0694. The predicted octanol–water partition coefficient (Wildman–Crippen LogP) is 3.40. The molecule has 27 heavy (non-hydrogen) atoms. The molecule has 1 aliphatic heterocycles. The van der Waals surface area contributed by atoms with Gasteiger partial charge in [-0.3, -0.25) is 4.79 Å². The Labute approximate surface area is 164 Å². The molecule has 0 radical (unpaired) electrons. The van der Waals surface area contributed by atoms with Crippen LogP contribution in [0.4, 0.5) is 4.39 Å². The quantitative estimate of drug-likeness (QED) is 0.727. The van der Waals surface area contributed by atoms with Crippen molar-refractivity contribution in [2.75, 3.05) is 32.7 Å². The minimum atomic E-state index is -0.172. The number of aryl methyl sites for hydroxylation is 1. The van der Waals surface area contributed by atoms with Crippen LogP contribution in [0.2, 0.25) is 0 Å². The summed E-state index contributed by atoms with van der Waals surface area (Å²) in [5.74, 6) is 0.340. The molecule has 1 amide bonds. The summed E-state index contributed by atoms with van der Waals surface area (Å²) in [6.07, 6.45) is 3.13. The lowest BCUT2D eigenvalue weighted by Crippen LogP contribution is -2.43. The zero-order valence-corrected chi connectivity index (χ0v) is 16.8. The number of carbonyl (C=O) groups excluding carboxylic acids is 1. The number of hydrogen-bond acceptors (Lipinski definition) is 5. The number of rotatable bonds is 7. The van der Waals surface area contributed by atoms with Crippen molar-refractivity contribution in [3.8, 4) is 0 Å². The van der Waals surface area contributed by atoms with Crippen molar-refractivity contribution in [1.82, 2.24) is 19.4 Å². The summed E-state index contributed by atoms with van der Waals surface area (Å²) in [5.41, 5.74) is 1.75. The standard InChI is InChI=1S/C20H27FN4OS/c1-3-25(20(26)19-15(2)22-23-27-19)14-17-7-5-10-24(13-17)11-9-16-6-4-8-18(21)12-16/h4,6,8,12,17H,3,5,7,9-11,13-14H2,1-2H3/t17-/m1/s1. The molecule has 0 bridgehead atoms. The summed E-state index contributed by atoms with van der Waals surface area (Å²) in [6.45, 7) is 8.30.